The number of ketones is 1. The molecule has 1 saturated heterocycles. The summed E-state index contributed by atoms with van der Waals surface area (Å²) in [5, 5.41) is 3.39. The van der Waals surface area contributed by atoms with Crippen molar-refractivity contribution < 1.29 is 9.53 Å². The molecule has 0 saturated carbocycles. The zero-order valence-electron chi connectivity index (χ0n) is 11.0. The zero-order valence-corrected chi connectivity index (χ0v) is 11.0. The van der Waals surface area contributed by atoms with Gasteiger partial charge in [-0.1, -0.05) is 0 Å². The van der Waals surface area contributed by atoms with Crippen molar-refractivity contribution in [2.24, 2.45) is 0 Å². The highest BCUT2D eigenvalue weighted by atomic mass is 16.5. The van der Waals surface area contributed by atoms with Crippen molar-refractivity contribution in [1.82, 2.24) is 10.2 Å². The zero-order chi connectivity index (χ0) is 13.0. The van der Waals surface area contributed by atoms with Crippen molar-refractivity contribution in [1.29, 1.82) is 0 Å². The number of likely N-dealkylation sites (N-methyl/N-ethyl adjacent to an activating group) is 1. The molecule has 1 fully saturated rings. The highest BCUT2D eigenvalue weighted by Gasteiger charge is 2.19. The predicted octanol–water partition coefficient (Wildman–Crippen LogP) is 1.17. The molecular weight excluding hydrogens is 228 g/mol. The Morgan fingerprint density at radius 3 is 2.78 bits per heavy atom. The molecule has 4 nitrogen and oxygen atoms in total. The number of piperazine rings is 1. The summed E-state index contributed by atoms with van der Waals surface area (Å²) in [6.45, 7) is 2.94. The van der Waals surface area contributed by atoms with Gasteiger partial charge in [-0.25, -0.2) is 0 Å². The second-order valence-corrected chi connectivity index (χ2v) is 4.77. The van der Waals surface area contributed by atoms with Crippen LogP contribution in [0, 0.1) is 0 Å². The van der Waals surface area contributed by atoms with Crippen LogP contribution in [0.25, 0.3) is 0 Å². The monoisotopic (exact) mass is 248 g/mol. The van der Waals surface area contributed by atoms with E-state index in [9.17, 15) is 4.79 Å². The summed E-state index contributed by atoms with van der Waals surface area (Å²) in [6.07, 6.45) is 0.552. The van der Waals surface area contributed by atoms with Gasteiger partial charge >= 0.3 is 0 Å². The Labute approximate surface area is 108 Å². The summed E-state index contributed by atoms with van der Waals surface area (Å²) < 4.78 is 5.08. The lowest BCUT2D eigenvalue weighted by Crippen LogP contribution is -2.49. The normalized spacial score (nSPS) is 20.7. The van der Waals surface area contributed by atoms with Crippen molar-refractivity contribution in [3.05, 3.63) is 29.8 Å². The van der Waals surface area contributed by atoms with Crippen LogP contribution in [-0.2, 0) is 0 Å². The number of rotatable bonds is 4. The lowest BCUT2D eigenvalue weighted by atomic mass is 10.0. The molecule has 0 amide bonds. The minimum atomic E-state index is 0.186. The van der Waals surface area contributed by atoms with Gasteiger partial charge in [0.1, 0.15) is 5.75 Å². The molecule has 1 aromatic rings. The van der Waals surface area contributed by atoms with E-state index in [1.54, 1.807) is 7.11 Å². The Bertz CT molecular complexity index is 403. The van der Waals surface area contributed by atoms with E-state index in [-0.39, 0.29) is 11.8 Å². The molecule has 1 aliphatic heterocycles. The van der Waals surface area contributed by atoms with Crippen LogP contribution in [0.3, 0.4) is 0 Å². The van der Waals surface area contributed by atoms with E-state index in [1.807, 2.05) is 24.3 Å². The molecule has 0 bridgehead atoms. The van der Waals surface area contributed by atoms with Crippen molar-refractivity contribution in [3.8, 4) is 5.75 Å². The van der Waals surface area contributed by atoms with Crippen molar-refractivity contribution in [3.63, 3.8) is 0 Å². The Kier molecular flexibility index (Phi) is 4.33. The average Bonchev–Trinajstić information content (AvgIpc) is 2.39. The number of methoxy groups -OCH3 is 1. The van der Waals surface area contributed by atoms with E-state index in [1.165, 1.54) is 0 Å². The SMILES string of the molecule is COc1ccc(C(=O)CC2CN(C)CCN2)cc1. The highest BCUT2D eigenvalue weighted by molar-refractivity contribution is 5.96. The first-order chi connectivity index (χ1) is 8.69. The molecule has 98 valence electrons. The van der Waals surface area contributed by atoms with Gasteiger partial charge in [0, 0.05) is 37.7 Å². The summed E-state index contributed by atoms with van der Waals surface area (Å²) >= 11 is 0. The van der Waals surface area contributed by atoms with Crippen LogP contribution in [0.5, 0.6) is 5.75 Å². The van der Waals surface area contributed by atoms with Gasteiger partial charge in [0.15, 0.2) is 5.78 Å². The summed E-state index contributed by atoms with van der Waals surface area (Å²) in [5.41, 5.74) is 0.755. The van der Waals surface area contributed by atoms with E-state index in [0.29, 0.717) is 6.42 Å². The van der Waals surface area contributed by atoms with Gasteiger partial charge in [-0.15, -0.1) is 0 Å². The second-order valence-electron chi connectivity index (χ2n) is 4.77. The summed E-state index contributed by atoms with van der Waals surface area (Å²) in [5.74, 6) is 0.965. The molecule has 18 heavy (non-hydrogen) atoms. The summed E-state index contributed by atoms with van der Waals surface area (Å²) in [4.78, 5) is 14.4. The minimum Gasteiger partial charge on any atom is -0.497 e. The van der Waals surface area contributed by atoms with E-state index < -0.39 is 0 Å². The van der Waals surface area contributed by atoms with Gasteiger partial charge in [-0.3, -0.25) is 4.79 Å². The number of nitrogens with one attached hydrogen (secondary N) is 1. The maximum atomic E-state index is 12.1. The molecule has 0 aromatic heterocycles. The number of carbonyl (C=O) groups excluding carboxylic acids is 1. The maximum absolute atomic E-state index is 12.1. The first-order valence-corrected chi connectivity index (χ1v) is 6.28. The lowest BCUT2D eigenvalue weighted by molar-refractivity contribution is 0.0952. The topological polar surface area (TPSA) is 41.6 Å². The van der Waals surface area contributed by atoms with Gasteiger partial charge in [-0.05, 0) is 31.3 Å². The van der Waals surface area contributed by atoms with E-state index >= 15 is 0 Å². The summed E-state index contributed by atoms with van der Waals surface area (Å²) in [6, 6.07) is 7.57. The van der Waals surface area contributed by atoms with Crippen LogP contribution >= 0.6 is 0 Å². The average molecular weight is 248 g/mol. The Hall–Kier alpha value is -1.39. The standard InChI is InChI=1S/C14H20N2O2/c1-16-8-7-15-12(10-16)9-14(17)11-3-5-13(18-2)6-4-11/h3-6,12,15H,7-10H2,1-2H3. The number of Topliss-reactive ketones (excluding diaryl/α,β-unsaturated/α-hetero) is 1. The molecule has 4 heteroatoms. The molecule has 0 spiro atoms. The molecule has 1 N–H and O–H groups in total. The quantitative estimate of drug-likeness (QED) is 0.812. The molecule has 2 rings (SSSR count). The van der Waals surface area contributed by atoms with Gasteiger partial charge in [0.25, 0.3) is 0 Å². The molecule has 1 heterocycles. The number of hydrogen-bond donors (Lipinski definition) is 1. The number of hydrogen-bond acceptors (Lipinski definition) is 4. The van der Waals surface area contributed by atoms with Crippen LogP contribution in [0.4, 0.5) is 0 Å². The largest absolute Gasteiger partial charge is 0.497 e. The molecular formula is C14H20N2O2. The lowest BCUT2D eigenvalue weighted by Gasteiger charge is -2.30. The fraction of sp³-hybridized carbons (Fsp3) is 0.500. The van der Waals surface area contributed by atoms with E-state index in [2.05, 4.69) is 17.3 Å². The predicted molar refractivity (Wildman–Crippen MR) is 71.2 cm³/mol. The highest BCUT2D eigenvalue weighted by Crippen LogP contribution is 2.14. The van der Waals surface area contributed by atoms with Crippen LogP contribution in [0.15, 0.2) is 24.3 Å². The summed E-state index contributed by atoms with van der Waals surface area (Å²) in [7, 11) is 3.71. The fourth-order valence-corrected chi connectivity index (χ4v) is 2.25. The number of benzene rings is 1. The number of carbonyl (C=O) groups is 1. The third-order valence-electron chi connectivity index (χ3n) is 3.30. The maximum Gasteiger partial charge on any atom is 0.164 e. The van der Waals surface area contributed by atoms with Crippen LogP contribution in [0.2, 0.25) is 0 Å². The van der Waals surface area contributed by atoms with Crippen molar-refractivity contribution >= 4 is 5.78 Å². The van der Waals surface area contributed by atoms with Gasteiger partial charge in [-0.2, -0.15) is 0 Å². The minimum absolute atomic E-state index is 0.186. The number of ether oxygens (including phenoxy) is 1. The first-order valence-electron chi connectivity index (χ1n) is 6.28. The fourth-order valence-electron chi connectivity index (χ4n) is 2.25. The Balaban J connectivity index is 1.94. The van der Waals surface area contributed by atoms with Gasteiger partial charge < -0.3 is 15.0 Å². The van der Waals surface area contributed by atoms with Crippen molar-refractivity contribution in [2.75, 3.05) is 33.8 Å². The van der Waals surface area contributed by atoms with E-state index in [0.717, 1.165) is 30.9 Å². The first kappa shape index (κ1) is 13.1. The third kappa shape index (κ3) is 3.31. The smallest absolute Gasteiger partial charge is 0.164 e. The van der Waals surface area contributed by atoms with Crippen molar-refractivity contribution in [2.45, 2.75) is 12.5 Å². The molecule has 1 aromatic carbocycles. The Morgan fingerprint density at radius 1 is 1.44 bits per heavy atom. The van der Waals surface area contributed by atoms with Crippen LogP contribution in [-0.4, -0.2) is 50.5 Å². The molecule has 1 unspecified atom stereocenters. The molecule has 1 aliphatic rings. The number of nitrogens with zero attached hydrogens (tertiary/aromatic N) is 1. The van der Waals surface area contributed by atoms with Crippen LogP contribution < -0.4 is 10.1 Å². The molecule has 0 radical (unpaired) electrons. The Morgan fingerprint density at radius 2 is 2.17 bits per heavy atom. The molecule has 1 atom stereocenters. The van der Waals surface area contributed by atoms with Gasteiger partial charge in [0.2, 0.25) is 0 Å². The van der Waals surface area contributed by atoms with E-state index in [4.69, 9.17) is 4.74 Å². The second kappa shape index (κ2) is 5.98. The van der Waals surface area contributed by atoms with Gasteiger partial charge in [0.05, 0.1) is 7.11 Å². The van der Waals surface area contributed by atoms with Crippen LogP contribution in [0.1, 0.15) is 16.8 Å². The molecule has 0 aliphatic carbocycles. The third-order valence-corrected chi connectivity index (χ3v) is 3.30.